The lowest BCUT2D eigenvalue weighted by molar-refractivity contribution is -0.137. The summed E-state index contributed by atoms with van der Waals surface area (Å²) in [5.74, 6) is -0.110. The van der Waals surface area contributed by atoms with Crippen molar-refractivity contribution in [3.63, 3.8) is 0 Å². The summed E-state index contributed by atoms with van der Waals surface area (Å²) in [5, 5.41) is 6.21. The second kappa shape index (κ2) is 3.76. The molecule has 2 aromatic rings. The second-order valence-electron chi connectivity index (χ2n) is 3.50. The number of nitrogens with zero attached hydrogens (tertiary/aromatic N) is 2. The van der Waals surface area contributed by atoms with Crippen molar-refractivity contribution < 1.29 is 18.0 Å². The molecule has 4 nitrogen and oxygen atoms in total. The Balaban J connectivity index is 2.44. The third kappa shape index (κ3) is 2.38. The molecule has 0 saturated heterocycles. The highest BCUT2D eigenvalue weighted by molar-refractivity contribution is 5.88. The summed E-state index contributed by atoms with van der Waals surface area (Å²) in [6.45, 7) is 1.30. The molecule has 0 radical (unpaired) electrons. The van der Waals surface area contributed by atoms with Crippen molar-refractivity contribution in [3.8, 4) is 0 Å². The minimum absolute atomic E-state index is 0.219. The van der Waals surface area contributed by atoms with E-state index in [-0.39, 0.29) is 11.7 Å². The van der Waals surface area contributed by atoms with E-state index in [0.717, 1.165) is 16.8 Å². The second-order valence-corrected chi connectivity index (χ2v) is 3.50. The first-order valence-electron chi connectivity index (χ1n) is 4.70. The van der Waals surface area contributed by atoms with Crippen LogP contribution in [0.25, 0.3) is 5.52 Å². The average Bonchev–Trinajstić information content (AvgIpc) is 2.55. The lowest BCUT2D eigenvalue weighted by Crippen LogP contribution is -2.07. The molecule has 1 N–H and O–H groups in total. The molecule has 0 saturated carbocycles. The fraction of sp³-hybridized carbons (Fsp3) is 0.200. The van der Waals surface area contributed by atoms with Gasteiger partial charge in [0.25, 0.3) is 0 Å². The van der Waals surface area contributed by atoms with Crippen molar-refractivity contribution in [3.05, 3.63) is 30.0 Å². The first kappa shape index (κ1) is 11.4. The molecule has 0 aliphatic carbocycles. The molecule has 0 fully saturated rings. The van der Waals surface area contributed by atoms with E-state index in [1.54, 1.807) is 0 Å². The molecule has 0 spiro atoms. The van der Waals surface area contributed by atoms with Crippen LogP contribution in [-0.2, 0) is 11.0 Å². The predicted molar refractivity (Wildman–Crippen MR) is 54.5 cm³/mol. The smallest absolute Gasteiger partial charge is 0.309 e. The third-order valence-electron chi connectivity index (χ3n) is 2.09. The zero-order valence-electron chi connectivity index (χ0n) is 8.75. The molecule has 0 aliphatic rings. The molecule has 0 bridgehead atoms. The molecule has 0 aliphatic heterocycles. The van der Waals surface area contributed by atoms with Gasteiger partial charge in [-0.05, 0) is 12.1 Å². The summed E-state index contributed by atoms with van der Waals surface area (Å²) in [7, 11) is 0. The molecular weight excluding hydrogens is 235 g/mol. The van der Waals surface area contributed by atoms with E-state index in [1.165, 1.54) is 19.1 Å². The molecule has 2 heterocycles. The predicted octanol–water partition coefficient (Wildman–Crippen LogP) is 2.31. The minimum atomic E-state index is -4.41. The molecule has 0 aromatic carbocycles. The summed E-state index contributed by atoms with van der Waals surface area (Å²) in [4.78, 5) is 10.8. The van der Waals surface area contributed by atoms with E-state index < -0.39 is 11.7 Å². The van der Waals surface area contributed by atoms with Gasteiger partial charge in [-0.1, -0.05) is 0 Å². The van der Waals surface area contributed by atoms with Crippen LogP contribution in [0.5, 0.6) is 0 Å². The van der Waals surface area contributed by atoms with Gasteiger partial charge in [0.05, 0.1) is 11.1 Å². The Bertz CT molecular complexity index is 574. The Hall–Kier alpha value is -2.05. The van der Waals surface area contributed by atoms with Crippen molar-refractivity contribution in [2.75, 3.05) is 5.32 Å². The normalized spacial score (nSPS) is 11.8. The van der Waals surface area contributed by atoms with Crippen molar-refractivity contribution in [1.29, 1.82) is 0 Å². The number of hydrogen-bond donors (Lipinski definition) is 1. The van der Waals surface area contributed by atoms with Crippen LogP contribution in [-0.4, -0.2) is 15.5 Å². The van der Waals surface area contributed by atoms with E-state index in [4.69, 9.17) is 0 Å². The Kier molecular flexibility index (Phi) is 2.53. The largest absolute Gasteiger partial charge is 0.417 e. The van der Waals surface area contributed by atoms with Crippen molar-refractivity contribution in [2.24, 2.45) is 0 Å². The zero-order chi connectivity index (χ0) is 12.6. The fourth-order valence-electron chi connectivity index (χ4n) is 1.40. The summed E-state index contributed by atoms with van der Waals surface area (Å²) in [6, 6.07) is 3.75. The Morgan fingerprint density at radius 2 is 2.12 bits per heavy atom. The number of anilines is 1. The Morgan fingerprint density at radius 3 is 2.71 bits per heavy atom. The molecule has 90 valence electrons. The van der Waals surface area contributed by atoms with Gasteiger partial charge in [0.15, 0.2) is 5.82 Å². The lowest BCUT2D eigenvalue weighted by Gasteiger charge is -2.05. The van der Waals surface area contributed by atoms with E-state index in [9.17, 15) is 18.0 Å². The van der Waals surface area contributed by atoms with Crippen LogP contribution in [0.1, 0.15) is 12.5 Å². The Labute approximate surface area is 94.0 Å². The quantitative estimate of drug-likeness (QED) is 0.835. The SMILES string of the molecule is CC(=O)Nc1cc2ccc(C(F)(F)F)cn2n1. The first-order valence-corrected chi connectivity index (χ1v) is 4.70. The maximum atomic E-state index is 12.4. The van der Waals surface area contributed by atoms with Gasteiger partial charge in [-0.3, -0.25) is 4.79 Å². The Morgan fingerprint density at radius 1 is 1.41 bits per heavy atom. The number of nitrogens with one attached hydrogen (secondary N) is 1. The maximum absolute atomic E-state index is 12.4. The van der Waals surface area contributed by atoms with Gasteiger partial charge < -0.3 is 5.32 Å². The van der Waals surface area contributed by atoms with Gasteiger partial charge in [0.2, 0.25) is 5.91 Å². The lowest BCUT2D eigenvalue weighted by atomic mass is 10.2. The van der Waals surface area contributed by atoms with Gasteiger partial charge in [-0.2, -0.15) is 18.3 Å². The molecule has 1 amide bonds. The maximum Gasteiger partial charge on any atom is 0.417 e. The van der Waals surface area contributed by atoms with Crippen molar-refractivity contribution in [2.45, 2.75) is 13.1 Å². The third-order valence-corrected chi connectivity index (χ3v) is 2.09. The average molecular weight is 243 g/mol. The molecule has 2 aromatic heterocycles. The number of fused-ring (bicyclic) bond motifs is 1. The van der Waals surface area contributed by atoms with Crippen molar-refractivity contribution in [1.82, 2.24) is 9.61 Å². The molecule has 17 heavy (non-hydrogen) atoms. The fourth-order valence-corrected chi connectivity index (χ4v) is 1.40. The van der Waals surface area contributed by atoms with Crippen LogP contribution in [0.4, 0.5) is 19.0 Å². The number of alkyl halides is 3. The monoisotopic (exact) mass is 243 g/mol. The zero-order valence-corrected chi connectivity index (χ0v) is 8.75. The van der Waals surface area contributed by atoms with Gasteiger partial charge in [0, 0.05) is 19.2 Å². The van der Waals surface area contributed by atoms with Gasteiger partial charge in [-0.15, -0.1) is 0 Å². The van der Waals surface area contributed by atoms with Crippen LogP contribution in [0, 0.1) is 0 Å². The summed E-state index contributed by atoms with van der Waals surface area (Å²) in [5.41, 5.74) is -0.316. The number of pyridine rings is 1. The number of aromatic nitrogens is 2. The summed E-state index contributed by atoms with van der Waals surface area (Å²) < 4.78 is 38.3. The molecule has 7 heteroatoms. The summed E-state index contributed by atoms with van der Waals surface area (Å²) >= 11 is 0. The van der Waals surface area contributed by atoms with Gasteiger partial charge >= 0.3 is 6.18 Å². The van der Waals surface area contributed by atoms with E-state index in [1.807, 2.05) is 0 Å². The number of rotatable bonds is 1. The van der Waals surface area contributed by atoms with E-state index in [0.29, 0.717) is 5.52 Å². The number of halogens is 3. The number of amides is 1. The highest BCUT2D eigenvalue weighted by atomic mass is 19.4. The molecule has 0 atom stereocenters. The van der Waals surface area contributed by atoms with Crippen LogP contribution in [0.15, 0.2) is 24.4 Å². The van der Waals surface area contributed by atoms with Crippen LogP contribution in [0.3, 0.4) is 0 Å². The topological polar surface area (TPSA) is 46.4 Å². The van der Waals surface area contributed by atoms with Gasteiger partial charge in [0.1, 0.15) is 0 Å². The molecule has 0 unspecified atom stereocenters. The van der Waals surface area contributed by atoms with E-state index >= 15 is 0 Å². The summed E-state index contributed by atoms with van der Waals surface area (Å²) in [6.07, 6.45) is -3.53. The highest BCUT2D eigenvalue weighted by Crippen LogP contribution is 2.29. The van der Waals surface area contributed by atoms with Crippen LogP contribution >= 0.6 is 0 Å². The highest BCUT2D eigenvalue weighted by Gasteiger charge is 2.30. The van der Waals surface area contributed by atoms with Crippen LogP contribution < -0.4 is 5.32 Å². The first-order chi connectivity index (χ1) is 7.86. The van der Waals surface area contributed by atoms with Gasteiger partial charge in [-0.25, -0.2) is 4.52 Å². The minimum Gasteiger partial charge on any atom is -0.309 e. The molecule has 2 rings (SSSR count). The van der Waals surface area contributed by atoms with Crippen molar-refractivity contribution >= 4 is 17.2 Å². The number of hydrogen-bond acceptors (Lipinski definition) is 2. The number of carbonyl (C=O) groups excluding carboxylic acids is 1. The number of carbonyl (C=O) groups is 1. The van der Waals surface area contributed by atoms with E-state index in [2.05, 4.69) is 10.4 Å². The van der Waals surface area contributed by atoms with Crippen LogP contribution in [0.2, 0.25) is 0 Å². The standard InChI is InChI=1S/C10H8F3N3O/c1-6(17)14-9-4-8-3-2-7(10(11,12)13)5-16(8)15-9/h2-5H,1H3,(H,14,15,17). The molecular formula is C10H8F3N3O.